The van der Waals surface area contributed by atoms with Gasteiger partial charge < -0.3 is 5.11 Å². The van der Waals surface area contributed by atoms with Crippen molar-refractivity contribution < 1.29 is 5.11 Å². The van der Waals surface area contributed by atoms with E-state index in [1.807, 2.05) is 91.0 Å². The molecule has 1 unspecified atom stereocenters. The fraction of sp³-hybridized carbons (Fsp3) is 0.0500. The first kappa shape index (κ1) is 15.0. The monoisotopic (exact) mass is 302 g/mol. The van der Waals surface area contributed by atoms with E-state index >= 15 is 0 Å². The molecule has 0 saturated carbocycles. The average Bonchev–Trinajstić information content (AvgIpc) is 2.64. The van der Waals surface area contributed by atoms with E-state index in [1.165, 1.54) is 0 Å². The number of benzene rings is 3. The highest BCUT2D eigenvalue weighted by atomic mass is 16.3. The lowest BCUT2D eigenvalue weighted by Crippen LogP contribution is -2.15. The molecule has 23 heavy (non-hydrogen) atoms. The molecule has 0 fully saturated rings. The Kier molecular flexibility index (Phi) is 4.82. The fourth-order valence-corrected chi connectivity index (χ4v) is 2.32. The minimum Gasteiger partial charge on any atom is -0.382 e. The summed E-state index contributed by atoms with van der Waals surface area (Å²) in [6.45, 7) is 0. The Morgan fingerprint density at radius 2 is 1.26 bits per heavy atom. The quantitative estimate of drug-likeness (QED) is 0.547. The SMILES string of the molecule is OC(/C(=N/Nc1ccccc1)c1ccccc1)c1ccccc1. The van der Waals surface area contributed by atoms with Gasteiger partial charge in [-0.05, 0) is 17.7 Å². The Morgan fingerprint density at radius 3 is 1.87 bits per heavy atom. The summed E-state index contributed by atoms with van der Waals surface area (Å²) in [7, 11) is 0. The highest BCUT2D eigenvalue weighted by Crippen LogP contribution is 2.19. The molecule has 0 spiro atoms. The third kappa shape index (κ3) is 3.84. The lowest BCUT2D eigenvalue weighted by molar-refractivity contribution is 0.248. The number of rotatable bonds is 5. The maximum atomic E-state index is 10.7. The number of hydrogen-bond donors (Lipinski definition) is 2. The third-order valence-electron chi connectivity index (χ3n) is 3.52. The van der Waals surface area contributed by atoms with E-state index in [1.54, 1.807) is 0 Å². The first-order valence-corrected chi connectivity index (χ1v) is 7.51. The lowest BCUT2D eigenvalue weighted by atomic mass is 9.99. The molecule has 3 aromatic carbocycles. The molecular weight excluding hydrogens is 284 g/mol. The standard InChI is InChI=1S/C20H18N2O/c23-20(17-12-6-2-7-13-17)19(16-10-4-1-5-11-16)22-21-18-14-8-3-9-15-18/h1-15,20-21,23H/b22-19+. The number of aliphatic hydroxyl groups is 1. The summed E-state index contributed by atoms with van der Waals surface area (Å²) in [4.78, 5) is 0. The second-order valence-electron chi connectivity index (χ2n) is 5.15. The molecule has 3 rings (SSSR count). The summed E-state index contributed by atoms with van der Waals surface area (Å²) < 4.78 is 0. The van der Waals surface area contributed by atoms with E-state index in [0.717, 1.165) is 16.8 Å². The van der Waals surface area contributed by atoms with E-state index in [4.69, 9.17) is 0 Å². The molecule has 3 nitrogen and oxygen atoms in total. The summed E-state index contributed by atoms with van der Waals surface area (Å²) >= 11 is 0. The van der Waals surface area contributed by atoms with Crippen LogP contribution < -0.4 is 5.43 Å². The average molecular weight is 302 g/mol. The lowest BCUT2D eigenvalue weighted by Gasteiger charge is -2.15. The van der Waals surface area contributed by atoms with Gasteiger partial charge >= 0.3 is 0 Å². The topological polar surface area (TPSA) is 44.6 Å². The molecule has 2 N–H and O–H groups in total. The highest BCUT2D eigenvalue weighted by molar-refractivity contribution is 6.04. The van der Waals surface area contributed by atoms with E-state index in [9.17, 15) is 5.11 Å². The smallest absolute Gasteiger partial charge is 0.123 e. The predicted octanol–water partition coefficient (Wildman–Crippen LogP) is 4.24. The molecule has 0 aliphatic carbocycles. The van der Waals surface area contributed by atoms with E-state index in [2.05, 4.69) is 10.5 Å². The number of nitrogens with one attached hydrogen (secondary N) is 1. The number of hydrazone groups is 1. The molecule has 3 aromatic rings. The molecule has 0 radical (unpaired) electrons. The molecule has 0 bridgehead atoms. The minimum atomic E-state index is -0.796. The van der Waals surface area contributed by atoms with Crippen LogP contribution in [0.2, 0.25) is 0 Å². The van der Waals surface area contributed by atoms with Gasteiger partial charge in [0.15, 0.2) is 0 Å². The van der Waals surface area contributed by atoms with Crippen LogP contribution in [0.5, 0.6) is 0 Å². The van der Waals surface area contributed by atoms with Gasteiger partial charge in [0, 0.05) is 5.56 Å². The summed E-state index contributed by atoms with van der Waals surface area (Å²) in [5, 5.41) is 15.2. The number of hydrogen-bond acceptors (Lipinski definition) is 3. The second-order valence-corrected chi connectivity index (χ2v) is 5.15. The molecule has 0 aliphatic heterocycles. The molecule has 0 amide bonds. The van der Waals surface area contributed by atoms with E-state index < -0.39 is 6.10 Å². The van der Waals surface area contributed by atoms with Crippen molar-refractivity contribution in [2.45, 2.75) is 6.10 Å². The van der Waals surface area contributed by atoms with Crippen molar-refractivity contribution in [1.29, 1.82) is 0 Å². The van der Waals surface area contributed by atoms with Crippen molar-refractivity contribution in [3.8, 4) is 0 Å². The van der Waals surface area contributed by atoms with Gasteiger partial charge in [-0.3, -0.25) is 5.43 Å². The van der Waals surface area contributed by atoms with Crippen LogP contribution in [-0.4, -0.2) is 10.8 Å². The zero-order chi connectivity index (χ0) is 15.9. The van der Waals surface area contributed by atoms with Gasteiger partial charge in [-0.25, -0.2) is 0 Å². The zero-order valence-electron chi connectivity index (χ0n) is 12.6. The van der Waals surface area contributed by atoms with Gasteiger partial charge in [-0.2, -0.15) is 5.10 Å². The molecule has 0 aromatic heterocycles. The summed E-state index contributed by atoms with van der Waals surface area (Å²) in [6.07, 6.45) is -0.796. The first-order chi connectivity index (χ1) is 11.3. The molecule has 3 heteroatoms. The van der Waals surface area contributed by atoms with Crippen LogP contribution in [0.15, 0.2) is 96.1 Å². The van der Waals surface area contributed by atoms with Crippen molar-refractivity contribution in [3.05, 3.63) is 102 Å². The van der Waals surface area contributed by atoms with Gasteiger partial charge in [-0.15, -0.1) is 0 Å². The third-order valence-corrected chi connectivity index (χ3v) is 3.52. The number of anilines is 1. The number of aliphatic hydroxyl groups excluding tert-OH is 1. The molecule has 1 atom stereocenters. The Morgan fingerprint density at radius 1 is 0.739 bits per heavy atom. The van der Waals surface area contributed by atoms with Gasteiger partial charge in [0.05, 0.1) is 5.69 Å². The maximum absolute atomic E-state index is 10.7. The highest BCUT2D eigenvalue weighted by Gasteiger charge is 2.17. The molecule has 0 saturated heterocycles. The first-order valence-electron chi connectivity index (χ1n) is 7.51. The Balaban J connectivity index is 1.94. The molecular formula is C20H18N2O. The van der Waals surface area contributed by atoms with Crippen LogP contribution in [0.4, 0.5) is 5.69 Å². The number of nitrogens with zero attached hydrogens (tertiary/aromatic N) is 1. The molecule has 114 valence electrons. The Labute approximate surface area is 135 Å². The van der Waals surface area contributed by atoms with Crippen molar-refractivity contribution in [2.75, 3.05) is 5.43 Å². The maximum Gasteiger partial charge on any atom is 0.123 e. The molecule has 0 heterocycles. The minimum absolute atomic E-state index is 0.584. The van der Waals surface area contributed by atoms with Gasteiger partial charge in [-0.1, -0.05) is 78.9 Å². The van der Waals surface area contributed by atoms with E-state index in [-0.39, 0.29) is 0 Å². The second kappa shape index (κ2) is 7.38. The van der Waals surface area contributed by atoms with Gasteiger partial charge in [0.25, 0.3) is 0 Å². The van der Waals surface area contributed by atoms with Crippen molar-refractivity contribution in [1.82, 2.24) is 0 Å². The van der Waals surface area contributed by atoms with Crippen LogP contribution in [0, 0.1) is 0 Å². The van der Waals surface area contributed by atoms with Crippen molar-refractivity contribution in [2.24, 2.45) is 5.10 Å². The zero-order valence-corrected chi connectivity index (χ0v) is 12.6. The number of para-hydroxylation sites is 1. The Hall–Kier alpha value is -2.91. The van der Waals surface area contributed by atoms with E-state index in [0.29, 0.717) is 5.71 Å². The van der Waals surface area contributed by atoms with Crippen LogP contribution >= 0.6 is 0 Å². The van der Waals surface area contributed by atoms with Crippen LogP contribution in [0.3, 0.4) is 0 Å². The van der Waals surface area contributed by atoms with Gasteiger partial charge in [0.1, 0.15) is 11.8 Å². The largest absolute Gasteiger partial charge is 0.382 e. The van der Waals surface area contributed by atoms with Crippen LogP contribution in [0.1, 0.15) is 17.2 Å². The van der Waals surface area contributed by atoms with Crippen LogP contribution in [-0.2, 0) is 0 Å². The summed E-state index contributed by atoms with van der Waals surface area (Å²) in [5.74, 6) is 0. The summed E-state index contributed by atoms with van der Waals surface area (Å²) in [5.41, 5.74) is 6.17. The predicted molar refractivity (Wildman–Crippen MR) is 94.4 cm³/mol. The van der Waals surface area contributed by atoms with Crippen molar-refractivity contribution >= 4 is 11.4 Å². The van der Waals surface area contributed by atoms with Crippen LogP contribution in [0.25, 0.3) is 0 Å². The van der Waals surface area contributed by atoms with Gasteiger partial charge in [0.2, 0.25) is 0 Å². The van der Waals surface area contributed by atoms with Crippen molar-refractivity contribution in [3.63, 3.8) is 0 Å². The fourth-order valence-electron chi connectivity index (χ4n) is 2.32. The normalized spacial score (nSPS) is 12.7. The summed E-state index contributed by atoms with van der Waals surface area (Å²) in [6, 6.07) is 28.9. The Bertz CT molecular complexity index is 755. The molecule has 0 aliphatic rings.